The van der Waals surface area contributed by atoms with E-state index in [0.717, 1.165) is 53.1 Å². The van der Waals surface area contributed by atoms with Crippen LogP contribution in [0.4, 0.5) is 6.01 Å². The van der Waals surface area contributed by atoms with E-state index in [1.807, 2.05) is 60.7 Å². The second-order valence-electron chi connectivity index (χ2n) is 7.72. The predicted octanol–water partition coefficient (Wildman–Crippen LogP) is 7.15. The van der Waals surface area contributed by atoms with Crippen molar-refractivity contribution in [2.75, 3.05) is 17.2 Å². The Morgan fingerprint density at radius 3 is 2.52 bits per heavy atom. The van der Waals surface area contributed by atoms with E-state index in [0.29, 0.717) is 23.1 Å². The molecule has 0 radical (unpaired) electrons. The molecule has 3 aromatic carbocycles. The maximum atomic E-state index is 11.4. The zero-order valence-electron chi connectivity index (χ0n) is 18.1. The van der Waals surface area contributed by atoms with E-state index >= 15 is 0 Å². The molecule has 0 aliphatic rings. The van der Waals surface area contributed by atoms with Crippen molar-refractivity contribution in [3.8, 4) is 0 Å². The molecule has 0 unspecified atom stereocenters. The molecular formula is C26H25ClN2O3S. The first kappa shape index (κ1) is 23.2. The van der Waals surface area contributed by atoms with E-state index in [2.05, 4.69) is 9.88 Å². The van der Waals surface area contributed by atoms with Crippen molar-refractivity contribution in [1.82, 2.24) is 4.98 Å². The summed E-state index contributed by atoms with van der Waals surface area (Å²) in [5, 5.41) is 10.0. The molecule has 0 aliphatic heterocycles. The number of carbonyl (C=O) groups is 1. The number of halogens is 1. The number of thioether (sulfide) groups is 1. The Morgan fingerprint density at radius 2 is 1.73 bits per heavy atom. The van der Waals surface area contributed by atoms with Gasteiger partial charge in [-0.3, -0.25) is 0 Å². The van der Waals surface area contributed by atoms with Crippen LogP contribution in [0.5, 0.6) is 0 Å². The van der Waals surface area contributed by atoms with Crippen LogP contribution in [0.1, 0.15) is 35.2 Å². The number of para-hydroxylation sites is 2. The third-order valence-electron chi connectivity index (χ3n) is 5.29. The Kier molecular flexibility index (Phi) is 7.92. The van der Waals surface area contributed by atoms with Gasteiger partial charge < -0.3 is 14.4 Å². The number of hydrogen-bond donors (Lipinski definition) is 1. The van der Waals surface area contributed by atoms with E-state index in [1.54, 1.807) is 23.9 Å². The molecule has 0 amide bonds. The smallest absolute Gasteiger partial charge is 0.336 e. The van der Waals surface area contributed by atoms with Crippen molar-refractivity contribution in [1.29, 1.82) is 0 Å². The molecule has 5 nitrogen and oxygen atoms in total. The van der Waals surface area contributed by atoms with Crippen LogP contribution >= 0.6 is 23.4 Å². The number of fused-ring (bicyclic) bond motifs is 1. The molecule has 0 fully saturated rings. The highest BCUT2D eigenvalue weighted by Crippen LogP contribution is 2.26. The van der Waals surface area contributed by atoms with Crippen LogP contribution in [0.15, 0.2) is 82.1 Å². The average molecular weight is 481 g/mol. The fourth-order valence-electron chi connectivity index (χ4n) is 3.58. The number of hydrogen-bond acceptors (Lipinski definition) is 5. The number of oxazole rings is 1. The van der Waals surface area contributed by atoms with Crippen LogP contribution in [0.3, 0.4) is 0 Å². The van der Waals surface area contributed by atoms with Crippen LogP contribution in [0.25, 0.3) is 11.1 Å². The number of aromatic nitrogens is 1. The van der Waals surface area contributed by atoms with Crippen molar-refractivity contribution in [3.63, 3.8) is 0 Å². The van der Waals surface area contributed by atoms with Gasteiger partial charge in [0.2, 0.25) is 0 Å². The summed E-state index contributed by atoms with van der Waals surface area (Å²) < 4.78 is 6.03. The highest BCUT2D eigenvalue weighted by atomic mass is 35.5. The molecule has 170 valence electrons. The van der Waals surface area contributed by atoms with Crippen LogP contribution in [-0.4, -0.2) is 28.4 Å². The quantitative estimate of drug-likeness (QED) is 0.181. The van der Waals surface area contributed by atoms with Gasteiger partial charge in [-0.1, -0.05) is 54.4 Å². The van der Waals surface area contributed by atoms with Crippen LogP contribution in [0.2, 0.25) is 5.02 Å². The second kappa shape index (κ2) is 11.3. The van der Waals surface area contributed by atoms with Gasteiger partial charge in [-0.15, -0.1) is 11.8 Å². The Morgan fingerprint density at radius 1 is 0.970 bits per heavy atom. The third kappa shape index (κ3) is 6.30. The molecular weight excluding hydrogens is 456 g/mol. The van der Waals surface area contributed by atoms with Gasteiger partial charge in [-0.05, 0) is 60.6 Å². The number of unbranched alkanes of at least 4 members (excludes halogenated alkanes) is 2. The predicted molar refractivity (Wildman–Crippen MR) is 134 cm³/mol. The highest BCUT2D eigenvalue weighted by Gasteiger charge is 2.15. The molecule has 0 saturated carbocycles. The summed E-state index contributed by atoms with van der Waals surface area (Å²) >= 11 is 7.64. The molecule has 0 aliphatic carbocycles. The zero-order valence-corrected chi connectivity index (χ0v) is 19.7. The zero-order chi connectivity index (χ0) is 23.0. The Hall–Kier alpha value is -2.96. The fraction of sp³-hybridized carbons (Fsp3) is 0.231. The second-order valence-corrected chi connectivity index (χ2v) is 9.30. The Labute approximate surface area is 202 Å². The van der Waals surface area contributed by atoms with Gasteiger partial charge in [0.1, 0.15) is 5.52 Å². The molecule has 4 rings (SSSR count). The maximum absolute atomic E-state index is 11.4. The average Bonchev–Trinajstić information content (AvgIpc) is 3.26. The first-order valence-electron chi connectivity index (χ1n) is 10.9. The lowest BCUT2D eigenvalue weighted by Crippen LogP contribution is -2.24. The highest BCUT2D eigenvalue weighted by molar-refractivity contribution is 7.99. The van der Waals surface area contributed by atoms with Crippen LogP contribution in [-0.2, 0) is 6.54 Å². The van der Waals surface area contributed by atoms with Crippen LogP contribution < -0.4 is 4.90 Å². The van der Waals surface area contributed by atoms with Crippen LogP contribution in [0, 0.1) is 0 Å². The first-order chi connectivity index (χ1) is 16.1. The van der Waals surface area contributed by atoms with E-state index in [4.69, 9.17) is 16.0 Å². The summed E-state index contributed by atoms with van der Waals surface area (Å²) in [6.45, 7) is 1.50. The molecule has 1 N–H and O–H groups in total. The summed E-state index contributed by atoms with van der Waals surface area (Å²) in [5.41, 5.74) is 3.14. The van der Waals surface area contributed by atoms with Crippen molar-refractivity contribution >= 4 is 46.4 Å². The van der Waals surface area contributed by atoms with E-state index < -0.39 is 5.97 Å². The van der Waals surface area contributed by atoms with Gasteiger partial charge in [0.05, 0.1) is 5.56 Å². The summed E-state index contributed by atoms with van der Waals surface area (Å²) in [5.74, 6) is -0.000969. The summed E-state index contributed by atoms with van der Waals surface area (Å²) in [7, 11) is 0. The molecule has 33 heavy (non-hydrogen) atoms. The van der Waals surface area contributed by atoms with Gasteiger partial charge in [0.25, 0.3) is 6.01 Å². The number of nitrogens with zero attached hydrogens (tertiary/aromatic N) is 2. The molecule has 0 bridgehead atoms. The maximum Gasteiger partial charge on any atom is 0.336 e. The lowest BCUT2D eigenvalue weighted by atomic mass is 10.2. The monoisotopic (exact) mass is 480 g/mol. The Bertz CT molecular complexity index is 1180. The Balaban J connectivity index is 1.34. The van der Waals surface area contributed by atoms with E-state index in [1.165, 1.54) is 0 Å². The summed E-state index contributed by atoms with van der Waals surface area (Å²) in [6.07, 6.45) is 3.01. The standard InChI is InChI=1S/C26H25ClN2O3S/c27-20-14-12-19(13-15-20)18-29(26-28-22-9-3-4-10-23(22)32-26)16-6-1-7-17-33-24-11-5-2-8-21(24)25(30)31/h2-5,8-15H,1,6-7,16-18H2,(H,30,31). The van der Waals surface area contributed by atoms with Crippen molar-refractivity contribution in [2.24, 2.45) is 0 Å². The number of anilines is 1. The van der Waals surface area contributed by atoms with Gasteiger partial charge in [0.15, 0.2) is 5.58 Å². The minimum Gasteiger partial charge on any atom is -0.478 e. The lowest BCUT2D eigenvalue weighted by molar-refractivity contribution is 0.0693. The van der Waals surface area contributed by atoms with Crippen molar-refractivity contribution in [3.05, 3.63) is 88.9 Å². The fourth-order valence-corrected chi connectivity index (χ4v) is 4.76. The van der Waals surface area contributed by atoms with Gasteiger partial charge >= 0.3 is 5.97 Å². The summed E-state index contributed by atoms with van der Waals surface area (Å²) in [6, 6.07) is 23.4. The van der Waals surface area contributed by atoms with Gasteiger partial charge in [-0.25, -0.2) is 4.79 Å². The summed E-state index contributed by atoms with van der Waals surface area (Å²) in [4.78, 5) is 19.0. The molecule has 7 heteroatoms. The largest absolute Gasteiger partial charge is 0.478 e. The molecule has 1 aromatic heterocycles. The topological polar surface area (TPSA) is 66.6 Å². The van der Waals surface area contributed by atoms with Crippen molar-refractivity contribution in [2.45, 2.75) is 30.7 Å². The molecule has 4 aromatic rings. The lowest BCUT2D eigenvalue weighted by Gasteiger charge is -2.20. The molecule has 0 atom stereocenters. The third-order valence-corrected chi connectivity index (χ3v) is 6.70. The van der Waals surface area contributed by atoms with E-state index in [-0.39, 0.29) is 0 Å². The van der Waals surface area contributed by atoms with Crippen molar-refractivity contribution < 1.29 is 14.3 Å². The number of carboxylic acid groups (broad SMARTS) is 1. The number of carboxylic acids is 1. The molecule has 1 heterocycles. The minimum absolute atomic E-state index is 0.368. The van der Waals surface area contributed by atoms with E-state index in [9.17, 15) is 9.90 Å². The van der Waals surface area contributed by atoms with Gasteiger partial charge in [-0.2, -0.15) is 4.98 Å². The molecule has 0 spiro atoms. The van der Waals surface area contributed by atoms with Gasteiger partial charge in [0, 0.05) is 23.0 Å². The normalized spacial score (nSPS) is 11.1. The number of rotatable bonds is 11. The molecule has 0 saturated heterocycles. The number of aromatic carboxylic acids is 1. The number of benzene rings is 3. The first-order valence-corrected chi connectivity index (χ1v) is 12.3. The SMILES string of the molecule is O=C(O)c1ccccc1SCCCCCN(Cc1ccc(Cl)cc1)c1nc2ccccc2o1. The minimum atomic E-state index is -0.880.